The Balaban J connectivity index is 1.43. The summed E-state index contributed by atoms with van der Waals surface area (Å²) in [6.45, 7) is 0. The van der Waals surface area contributed by atoms with Crippen LogP contribution < -0.4 is 0 Å². The van der Waals surface area contributed by atoms with Crippen LogP contribution in [0.15, 0.2) is 146 Å². The summed E-state index contributed by atoms with van der Waals surface area (Å²) in [4.78, 5) is 19.3. The molecule has 0 N–H and O–H groups in total. The lowest BCUT2D eigenvalue weighted by molar-refractivity contribution is 1.07. The first-order valence-corrected chi connectivity index (χ1v) is 14.6. The smallest absolute Gasteiger partial charge is 0.164 e. The molecule has 0 bridgehead atoms. The second-order valence-corrected chi connectivity index (χ2v) is 10.7. The van der Waals surface area contributed by atoms with Crippen molar-refractivity contribution in [2.24, 2.45) is 0 Å². The zero-order chi connectivity index (χ0) is 30.2. The molecule has 6 nitrogen and oxygen atoms in total. The Morgan fingerprint density at radius 1 is 0.489 bits per heavy atom. The molecule has 3 aromatic heterocycles. The van der Waals surface area contributed by atoms with E-state index in [0.717, 1.165) is 55.3 Å². The quantitative estimate of drug-likeness (QED) is 0.204. The van der Waals surface area contributed by atoms with Crippen molar-refractivity contribution in [3.05, 3.63) is 151 Å². The molecule has 0 spiro atoms. The van der Waals surface area contributed by atoms with E-state index in [0.29, 0.717) is 23.0 Å². The van der Waals surface area contributed by atoms with E-state index in [1.54, 1.807) is 12.4 Å². The van der Waals surface area contributed by atoms with Gasteiger partial charge in [0.05, 0.1) is 22.7 Å². The number of pyridine rings is 1. The summed E-state index contributed by atoms with van der Waals surface area (Å²) in [5.74, 6) is 1.76. The number of hydrogen-bond acceptors (Lipinski definition) is 5. The number of nitrogens with zero attached hydrogens (tertiary/aromatic N) is 6. The van der Waals surface area contributed by atoms with Crippen LogP contribution in [0.4, 0.5) is 0 Å². The van der Waals surface area contributed by atoms with Crippen LogP contribution in [0, 0.1) is 11.3 Å². The first kappa shape index (κ1) is 26.2. The Morgan fingerprint density at radius 3 is 1.80 bits per heavy atom. The summed E-state index contributed by atoms with van der Waals surface area (Å²) in [5, 5.41) is 11.9. The minimum absolute atomic E-state index is 0.565. The van der Waals surface area contributed by atoms with Gasteiger partial charge in [0, 0.05) is 45.5 Å². The van der Waals surface area contributed by atoms with Crippen LogP contribution >= 0.6 is 0 Å². The maximum atomic E-state index is 9.74. The second kappa shape index (κ2) is 11.0. The molecule has 8 aromatic rings. The Labute approximate surface area is 259 Å². The van der Waals surface area contributed by atoms with Gasteiger partial charge in [-0.3, -0.25) is 4.98 Å². The number of fused-ring (bicyclic) bond motifs is 3. The van der Waals surface area contributed by atoms with Crippen LogP contribution in [-0.4, -0.2) is 24.5 Å². The molecule has 0 fully saturated rings. The fraction of sp³-hybridized carbons (Fsp3) is 0. The Hall–Kier alpha value is -6.45. The molecule has 0 unspecified atom stereocenters. The lowest BCUT2D eigenvalue weighted by Crippen LogP contribution is -2.02. The lowest BCUT2D eigenvalue weighted by Gasteiger charge is -2.15. The van der Waals surface area contributed by atoms with Crippen LogP contribution in [0.3, 0.4) is 0 Å². The van der Waals surface area contributed by atoms with Crippen LogP contribution in [0.2, 0.25) is 0 Å². The van der Waals surface area contributed by atoms with E-state index in [9.17, 15) is 5.26 Å². The van der Waals surface area contributed by atoms with Gasteiger partial charge in [-0.15, -0.1) is 0 Å². The molecular formula is C39H24N6. The van der Waals surface area contributed by atoms with E-state index < -0.39 is 0 Å². The van der Waals surface area contributed by atoms with E-state index in [1.807, 2.05) is 103 Å². The standard InChI is InChI=1S/C39H24N6/c40-25-26-15-17-33-32-13-7-8-14-35(32)45(36(33)23-26)30-16-18-31(27-19-21-41-22-20-27)34(24-30)39-43-37(28-9-3-1-4-10-28)42-38(44-39)29-11-5-2-6-12-29/h1-24H. The van der Waals surface area contributed by atoms with Crippen molar-refractivity contribution in [1.29, 1.82) is 5.26 Å². The number of hydrogen-bond donors (Lipinski definition) is 0. The third kappa shape index (κ3) is 4.69. The molecular weight excluding hydrogens is 552 g/mol. The van der Waals surface area contributed by atoms with Gasteiger partial charge in [0.2, 0.25) is 0 Å². The molecule has 0 aliphatic heterocycles. The molecule has 0 aliphatic carbocycles. The molecule has 45 heavy (non-hydrogen) atoms. The number of para-hydroxylation sites is 1. The molecule has 0 saturated carbocycles. The SMILES string of the molecule is N#Cc1ccc2c3ccccc3n(-c3ccc(-c4ccncc4)c(-c4nc(-c5ccccc5)nc(-c5ccccc5)n4)c3)c2c1. The maximum absolute atomic E-state index is 9.74. The Kier molecular flexibility index (Phi) is 6.40. The Morgan fingerprint density at radius 2 is 1.11 bits per heavy atom. The fourth-order valence-corrected chi connectivity index (χ4v) is 5.89. The number of rotatable bonds is 5. The van der Waals surface area contributed by atoms with Gasteiger partial charge < -0.3 is 4.57 Å². The molecule has 0 aliphatic rings. The first-order valence-electron chi connectivity index (χ1n) is 14.6. The number of benzene rings is 5. The minimum Gasteiger partial charge on any atom is -0.309 e. The van der Waals surface area contributed by atoms with Crippen LogP contribution in [0.1, 0.15) is 5.56 Å². The molecule has 210 valence electrons. The van der Waals surface area contributed by atoms with E-state index >= 15 is 0 Å². The molecule has 6 heteroatoms. The summed E-state index contributed by atoms with van der Waals surface area (Å²) in [6, 6.07) is 46.8. The predicted octanol–water partition coefficient (Wildman–Crippen LogP) is 8.90. The second-order valence-electron chi connectivity index (χ2n) is 10.7. The zero-order valence-electron chi connectivity index (χ0n) is 24.0. The van der Waals surface area contributed by atoms with Gasteiger partial charge in [-0.2, -0.15) is 5.26 Å². The molecule has 0 atom stereocenters. The van der Waals surface area contributed by atoms with Crippen LogP contribution in [0.5, 0.6) is 0 Å². The van der Waals surface area contributed by atoms with Crippen molar-refractivity contribution >= 4 is 21.8 Å². The number of aromatic nitrogens is 5. The van der Waals surface area contributed by atoms with E-state index in [2.05, 4.69) is 46.0 Å². The first-order chi connectivity index (χ1) is 22.3. The highest BCUT2D eigenvalue weighted by Gasteiger charge is 2.19. The normalized spacial score (nSPS) is 11.1. The van der Waals surface area contributed by atoms with Crippen molar-refractivity contribution in [3.8, 4) is 57.0 Å². The van der Waals surface area contributed by atoms with Gasteiger partial charge in [-0.1, -0.05) is 91.0 Å². The molecule has 0 radical (unpaired) electrons. The van der Waals surface area contributed by atoms with Gasteiger partial charge in [-0.25, -0.2) is 15.0 Å². The van der Waals surface area contributed by atoms with Crippen molar-refractivity contribution in [2.45, 2.75) is 0 Å². The Bertz CT molecular complexity index is 2320. The summed E-state index contributed by atoms with van der Waals surface area (Å²) in [6.07, 6.45) is 3.59. The summed E-state index contributed by atoms with van der Waals surface area (Å²) >= 11 is 0. The fourth-order valence-electron chi connectivity index (χ4n) is 5.89. The third-order valence-corrected chi connectivity index (χ3v) is 8.00. The average molecular weight is 577 g/mol. The monoisotopic (exact) mass is 576 g/mol. The van der Waals surface area contributed by atoms with Gasteiger partial charge in [-0.05, 0) is 53.6 Å². The third-order valence-electron chi connectivity index (χ3n) is 8.00. The highest BCUT2D eigenvalue weighted by Crippen LogP contribution is 2.37. The van der Waals surface area contributed by atoms with E-state index in [1.165, 1.54) is 0 Å². The highest BCUT2D eigenvalue weighted by atomic mass is 15.0. The van der Waals surface area contributed by atoms with Crippen molar-refractivity contribution in [2.75, 3.05) is 0 Å². The molecule has 0 amide bonds. The van der Waals surface area contributed by atoms with Crippen molar-refractivity contribution in [1.82, 2.24) is 24.5 Å². The highest BCUT2D eigenvalue weighted by molar-refractivity contribution is 6.09. The topological polar surface area (TPSA) is 80.3 Å². The van der Waals surface area contributed by atoms with Crippen molar-refractivity contribution in [3.63, 3.8) is 0 Å². The number of nitriles is 1. The van der Waals surface area contributed by atoms with Crippen molar-refractivity contribution < 1.29 is 0 Å². The molecule has 8 rings (SSSR count). The van der Waals surface area contributed by atoms with Crippen LogP contribution in [-0.2, 0) is 0 Å². The van der Waals surface area contributed by atoms with Gasteiger partial charge in [0.1, 0.15) is 0 Å². The van der Waals surface area contributed by atoms with Crippen LogP contribution in [0.25, 0.3) is 72.8 Å². The van der Waals surface area contributed by atoms with Gasteiger partial charge in [0.25, 0.3) is 0 Å². The summed E-state index contributed by atoms with van der Waals surface area (Å²) in [7, 11) is 0. The van der Waals surface area contributed by atoms with Gasteiger partial charge in [0.15, 0.2) is 17.5 Å². The summed E-state index contributed by atoms with van der Waals surface area (Å²) < 4.78 is 2.21. The van der Waals surface area contributed by atoms with Gasteiger partial charge >= 0.3 is 0 Å². The maximum Gasteiger partial charge on any atom is 0.164 e. The zero-order valence-corrected chi connectivity index (χ0v) is 24.0. The largest absolute Gasteiger partial charge is 0.309 e. The molecule has 3 heterocycles. The molecule has 5 aromatic carbocycles. The van der Waals surface area contributed by atoms with E-state index in [4.69, 9.17) is 15.0 Å². The lowest BCUT2D eigenvalue weighted by atomic mass is 9.99. The average Bonchev–Trinajstić information content (AvgIpc) is 3.46. The molecule has 0 saturated heterocycles. The predicted molar refractivity (Wildman–Crippen MR) is 178 cm³/mol. The summed E-state index contributed by atoms with van der Waals surface area (Å²) in [5.41, 5.74) is 8.21. The minimum atomic E-state index is 0.565. The van der Waals surface area contributed by atoms with E-state index in [-0.39, 0.29) is 0 Å².